The van der Waals surface area contributed by atoms with E-state index in [2.05, 4.69) is 77.0 Å². The number of thiol groups is 2. The summed E-state index contributed by atoms with van der Waals surface area (Å²) in [5, 5.41) is 0. The third kappa shape index (κ3) is 15.4. The van der Waals surface area contributed by atoms with Crippen molar-refractivity contribution in [2.24, 2.45) is 11.8 Å². The molecule has 2 unspecified atom stereocenters. The van der Waals surface area contributed by atoms with Gasteiger partial charge in [-0.25, -0.2) is 18.8 Å². The van der Waals surface area contributed by atoms with Gasteiger partial charge in [0.1, 0.15) is 17.7 Å². The molecule has 0 heterocycles. The number of hydrogen-bond donors (Lipinski definition) is 2. The van der Waals surface area contributed by atoms with Gasteiger partial charge in [0.2, 0.25) is 0 Å². The molecule has 3 aromatic carbocycles. The summed E-state index contributed by atoms with van der Waals surface area (Å²) in [4.78, 5) is 36.9. The normalized spacial score (nSPS) is 15.8. The standard InChI is InChI=1S/C54H71FO7S2/c1-9-11-12-15-38-18-20-40(21-19-38)41-22-25-47(49(55)30-41)46-24-23-43(28-39(46)10-2)48-29-44(17-14-27-60-53(57)36(5)6)50(31-42(48)16-13-26-59-52(56)35(3)4)61-32-45(33-63)51(34-64)62-54(58)37(7)8/h22-25,28-31,38,40,45,51,63-64H,3,5,7,9-21,26-27,32-34H2,1-2,4,6,8H3. The van der Waals surface area contributed by atoms with Crippen LogP contribution in [0.4, 0.5) is 4.39 Å². The van der Waals surface area contributed by atoms with Gasteiger partial charge in [0.15, 0.2) is 0 Å². The Morgan fingerprint density at radius 3 is 1.89 bits per heavy atom. The van der Waals surface area contributed by atoms with Crippen molar-refractivity contribution in [1.82, 2.24) is 0 Å². The van der Waals surface area contributed by atoms with Gasteiger partial charge in [-0.05, 0) is 153 Å². The van der Waals surface area contributed by atoms with Crippen molar-refractivity contribution in [2.75, 3.05) is 31.3 Å². The van der Waals surface area contributed by atoms with E-state index >= 15 is 4.39 Å². The number of unbranched alkanes of at least 4 members (excludes halogenated alkanes) is 2. The predicted molar refractivity (Wildman–Crippen MR) is 265 cm³/mol. The third-order valence-corrected chi connectivity index (χ3v) is 13.1. The second-order valence-electron chi connectivity index (χ2n) is 17.5. The first-order chi connectivity index (χ1) is 30.7. The van der Waals surface area contributed by atoms with Crippen LogP contribution < -0.4 is 4.74 Å². The molecule has 0 aliphatic heterocycles. The van der Waals surface area contributed by atoms with Gasteiger partial charge < -0.3 is 18.9 Å². The molecule has 0 radical (unpaired) electrons. The Morgan fingerprint density at radius 2 is 1.33 bits per heavy atom. The molecule has 0 bridgehead atoms. The van der Waals surface area contributed by atoms with Gasteiger partial charge in [-0.2, -0.15) is 25.3 Å². The van der Waals surface area contributed by atoms with E-state index in [-0.39, 0.29) is 42.9 Å². The Bertz CT molecular complexity index is 2090. The first kappa shape index (κ1) is 52.3. The quantitative estimate of drug-likeness (QED) is 0.0273. The molecule has 0 spiro atoms. The van der Waals surface area contributed by atoms with Crippen molar-refractivity contribution in [3.05, 3.63) is 113 Å². The van der Waals surface area contributed by atoms with Crippen molar-refractivity contribution in [3.8, 4) is 28.0 Å². The minimum atomic E-state index is -0.566. The molecule has 1 saturated carbocycles. The van der Waals surface area contributed by atoms with Crippen LogP contribution in [0, 0.1) is 17.7 Å². The number of rotatable bonds is 26. The molecule has 4 rings (SSSR count). The summed E-state index contributed by atoms with van der Waals surface area (Å²) >= 11 is 9.05. The van der Waals surface area contributed by atoms with Gasteiger partial charge in [0, 0.05) is 34.0 Å². The average Bonchev–Trinajstić information content (AvgIpc) is 3.28. The lowest BCUT2D eigenvalue weighted by molar-refractivity contribution is -0.145. The van der Waals surface area contributed by atoms with Gasteiger partial charge in [-0.3, -0.25) is 0 Å². The second kappa shape index (κ2) is 26.6. The Morgan fingerprint density at radius 1 is 0.703 bits per heavy atom. The van der Waals surface area contributed by atoms with Crippen molar-refractivity contribution in [2.45, 2.75) is 130 Å². The minimum absolute atomic E-state index is 0.185. The lowest BCUT2D eigenvalue weighted by Crippen LogP contribution is -2.34. The molecule has 7 nitrogen and oxygen atoms in total. The SMILES string of the molecule is C=C(C)C(=O)OCCCc1cc(-c2ccc(-c3ccc(C4CCC(CCCCC)CC4)cc3F)c(CC)c2)c(CCCOC(=O)C(=C)C)cc1OCC(CS)C(CS)OC(=O)C(=C)C. The fourth-order valence-corrected chi connectivity index (χ4v) is 9.07. The van der Waals surface area contributed by atoms with Crippen LogP contribution in [0.2, 0.25) is 0 Å². The zero-order chi connectivity index (χ0) is 46.8. The van der Waals surface area contributed by atoms with Gasteiger partial charge >= 0.3 is 17.9 Å². The van der Waals surface area contributed by atoms with Crippen molar-refractivity contribution in [3.63, 3.8) is 0 Å². The maximum atomic E-state index is 16.2. The fraction of sp³-hybridized carbons (Fsp3) is 0.500. The molecular formula is C54H71FO7S2. The van der Waals surface area contributed by atoms with Crippen LogP contribution in [-0.4, -0.2) is 55.3 Å². The highest BCUT2D eigenvalue weighted by molar-refractivity contribution is 7.80. The van der Waals surface area contributed by atoms with E-state index in [1.807, 2.05) is 24.3 Å². The largest absolute Gasteiger partial charge is 0.493 e. The van der Waals surface area contributed by atoms with Gasteiger partial charge in [-0.1, -0.05) is 89.6 Å². The highest BCUT2D eigenvalue weighted by Gasteiger charge is 2.26. The number of benzene rings is 3. The maximum absolute atomic E-state index is 16.2. The van der Waals surface area contributed by atoms with Crippen LogP contribution >= 0.6 is 25.3 Å². The summed E-state index contributed by atoms with van der Waals surface area (Å²) in [6, 6.07) is 16.2. The zero-order valence-electron chi connectivity index (χ0n) is 38.9. The van der Waals surface area contributed by atoms with Crippen molar-refractivity contribution in [1.29, 1.82) is 0 Å². The van der Waals surface area contributed by atoms with Crippen LogP contribution in [0.5, 0.6) is 5.75 Å². The molecule has 3 aromatic rings. The molecule has 1 aliphatic rings. The van der Waals surface area contributed by atoms with Crippen molar-refractivity contribution < 1.29 is 37.7 Å². The Kier molecular flexibility index (Phi) is 21.8. The van der Waals surface area contributed by atoms with Crippen LogP contribution in [-0.2, 0) is 47.9 Å². The first-order valence-electron chi connectivity index (χ1n) is 23.2. The highest BCUT2D eigenvalue weighted by Crippen LogP contribution is 2.41. The zero-order valence-corrected chi connectivity index (χ0v) is 40.7. The number of halogens is 1. The summed E-state index contributed by atoms with van der Waals surface area (Å²) in [7, 11) is 0. The molecule has 2 atom stereocenters. The summed E-state index contributed by atoms with van der Waals surface area (Å²) < 4.78 is 39.4. The fourth-order valence-electron chi connectivity index (χ4n) is 8.36. The molecule has 0 saturated heterocycles. The maximum Gasteiger partial charge on any atom is 0.333 e. The van der Waals surface area contributed by atoms with E-state index < -0.39 is 24.0 Å². The van der Waals surface area contributed by atoms with Gasteiger partial charge in [0.25, 0.3) is 0 Å². The molecule has 10 heteroatoms. The van der Waals surface area contributed by atoms with E-state index in [1.165, 1.54) is 38.5 Å². The molecule has 1 fully saturated rings. The lowest BCUT2D eigenvalue weighted by Gasteiger charge is -2.29. The number of hydrogen-bond acceptors (Lipinski definition) is 9. The monoisotopic (exact) mass is 914 g/mol. The molecule has 348 valence electrons. The third-order valence-electron chi connectivity index (χ3n) is 12.2. The average molecular weight is 915 g/mol. The molecule has 0 N–H and O–H groups in total. The van der Waals surface area contributed by atoms with E-state index in [0.717, 1.165) is 57.7 Å². The lowest BCUT2D eigenvalue weighted by atomic mass is 9.77. The molecule has 64 heavy (non-hydrogen) atoms. The van der Waals surface area contributed by atoms with E-state index in [1.54, 1.807) is 26.8 Å². The number of aryl methyl sites for hydroxylation is 3. The molecule has 1 aliphatic carbocycles. The number of esters is 3. The first-order valence-corrected chi connectivity index (χ1v) is 24.4. The predicted octanol–water partition coefficient (Wildman–Crippen LogP) is 13.0. The Labute approximate surface area is 393 Å². The van der Waals surface area contributed by atoms with E-state index in [9.17, 15) is 14.4 Å². The van der Waals surface area contributed by atoms with Crippen LogP contribution in [0.3, 0.4) is 0 Å². The smallest absolute Gasteiger partial charge is 0.333 e. The molecule has 0 amide bonds. The van der Waals surface area contributed by atoms with Crippen LogP contribution in [0.25, 0.3) is 22.3 Å². The van der Waals surface area contributed by atoms with E-state index in [4.69, 9.17) is 18.9 Å². The van der Waals surface area contributed by atoms with Crippen molar-refractivity contribution >= 4 is 43.2 Å². The Hall–Kier alpha value is -4.28. The number of carbonyl (C=O) groups is 3. The minimum Gasteiger partial charge on any atom is -0.493 e. The van der Waals surface area contributed by atoms with Crippen LogP contribution in [0.15, 0.2) is 85.0 Å². The summed E-state index contributed by atoms with van der Waals surface area (Å²) in [5.41, 5.74) is 8.30. The summed E-state index contributed by atoms with van der Waals surface area (Å²) in [6.07, 6.45) is 12.1. The second-order valence-corrected chi connectivity index (χ2v) is 18.2. The topological polar surface area (TPSA) is 88.1 Å². The molecule has 0 aromatic heterocycles. The van der Waals surface area contributed by atoms with Gasteiger partial charge in [0.05, 0.1) is 19.8 Å². The molecular weight excluding hydrogens is 844 g/mol. The summed E-state index contributed by atoms with van der Waals surface area (Å²) in [6.45, 7) is 20.8. The van der Waals surface area contributed by atoms with Crippen LogP contribution in [0.1, 0.15) is 127 Å². The van der Waals surface area contributed by atoms with Gasteiger partial charge in [-0.15, -0.1) is 0 Å². The summed E-state index contributed by atoms with van der Waals surface area (Å²) in [5.74, 6) is 0.584. The number of ether oxygens (including phenoxy) is 4. The highest BCUT2D eigenvalue weighted by atomic mass is 32.1. The Balaban J connectivity index is 1.70. The van der Waals surface area contributed by atoms with E-state index in [0.29, 0.717) is 66.2 Å². The number of carbonyl (C=O) groups excluding carboxylic acids is 3.